The fraction of sp³-hybridized carbons (Fsp3) is 0.200. The minimum atomic E-state index is -3.77. The van der Waals surface area contributed by atoms with Crippen LogP contribution in [-0.2, 0) is 10.0 Å². The van der Waals surface area contributed by atoms with E-state index in [1.807, 2.05) is 19.1 Å². The molecule has 0 radical (unpaired) electrons. The highest BCUT2D eigenvalue weighted by Crippen LogP contribution is 2.31. The lowest BCUT2D eigenvalue weighted by molar-refractivity contribution is 0.321. The molecule has 0 atom stereocenters. The standard InChI is InChI=1S/C15H16N4O3S/c1-2-9-22-14-7-8-15(13-6-4-3-5-12(13)14)23(20,21)18-19-10-16-17-11-19/h3-8,10-11,18H,2,9H2,1H3. The summed E-state index contributed by atoms with van der Waals surface area (Å²) in [5.41, 5.74) is 0. The Hall–Kier alpha value is -2.61. The molecule has 0 fully saturated rings. The number of rotatable bonds is 6. The zero-order chi connectivity index (χ0) is 16.3. The molecule has 2 aromatic carbocycles. The smallest absolute Gasteiger partial charge is 0.276 e. The summed E-state index contributed by atoms with van der Waals surface area (Å²) in [4.78, 5) is 2.56. The van der Waals surface area contributed by atoms with E-state index in [0.29, 0.717) is 17.7 Å². The van der Waals surface area contributed by atoms with E-state index in [4.69, 9.17) is 4.74 Å². The first-order valence-electron chi connectivity index (χ1n) is 7.14. The monoisotopic (exact) mass is 332 g/mol. The molecule has 3 aromatic rings. The summed E-state index contributed by atoms with van der Waals surface area (Å²) in [7, 11) is -3.77. The first-order chi connectivity index (χ1) is 11.1. The third-order valence-corrected chi connectivity index (χ3v) is 4.63. The van der Waals surface area contributed by atoms with E-state index in [2.05, 4.69) is 15.0 Å². The molecule has 0 spiro atoms. The SMILES string of the molecule is CCCOc1ccc(S(=O)(=O)Nn2cnnc2)c2ccccc12. The number of hydrogen-bond acceptors (Lipinski definition) is 5. The van der Waals surface area contributed by atoms with E-state index in [-0.39, 0.29) is 4.90 Å². The first-order valence-corrected chi connectivity index (χ1v) is 8.62. The molecule has 1 aromatic heterocycles. The number of nitrogens with zero attached hydrogens (tertiary/aromatic N) is 3. The van der Waals surface area contributed by atoms with Crippen LogP contribution in [0.4, 0.5) is 0 Å². The second-order valence-corrected chi connectivity index (χ2v) is 6.55. The maximum atomic E-state index is 12.6. The maximum Gasteiger partial charge on any atom is 0.276 e. The van der Waals surface area contributed by atoms with Crippen LogP contribution in [0.2, 0.25) is 0 Å². The lowest BCUT2D eigenvalue weighted by Gasteiger charge is -2.13. The fourth-order valence-corrected chi connectivity index (χ4v) is 3.44. The molecule has 0 unspecified atom stereocenters. The van der Waals surface area contributed by atoms with Gasteiger partial charge in [-0.1, -0.05) is 31.2 Å². The van der Waals surface area contributed by atoms with Gasteiger partial charge in [-0.25, -0.2) is 9.51 Å². The van der Waals surface area contributed by atoms with Crippen LogP contribution in [0, 0.1) is 0 Å². The lowest BCUT2D eigenvalue weighted by atomic mass is 10.1. The molecule has 0 aliphatic carbocycles. The molecular weight excluding hydrogens is 316 g/mol. The second kappa shape index (κ2) is 6.25. The van der Waals surface area contributed by atoms with Crippen LogP contribution >= 0.6 is 0 Å². The number of ether oxygens (including phenoxy) is 1. The van der Waals surface area contributed by atoms with Gasteiger partial charge in [0.25, 0.3) is 10.0 Å². The van der Waals surface area contributed by atoms with E-state index < -0.39 is 10.0 Å². The van der Waals surface area contributed by atoms with E-state index in [1.54, 1.807) is 24.3 Å². The molecule has 0 saturated heterocycles. The molecule has 120 valence electrons. The van der Waals surface area contributed by atoms with Crippen LogP contribution in [0.25, 0.3) is 10.8 Å². The van der Waals surface area contributed by atoms with Crippen LogP contribution in [0.5, 0.6) is 5.75 Å². The topological polar surface area (TPSA) is 86.1 Å². The number of hydrogen-bond donors (Lipinski definition) is 1. The van der Waals surface area contributed by atoms with Crippen LogP contribution < -0.4 is 9.57 Å². The van der Waals surface area contributed by atoms with Gasteiger partial charge in [-0.15, -0.1) is 10.2 Å². The van der Waals surface area contributed by atoms with E-state index in [1.165, 1.54) is 17.3 Å². The van der Waals surface area contributed by atoms with Gasteiger partial charge in [0.2, 0.25) is 0 Å². The first kappa shape index (κ1) is 15.3. The summed E-state index contributed by atoms with van der Waals surface area (Å²) in [6, 6.07) is 10.5. The predicted molar refractivity (Wildman–Crippen MR) is 86.3 cm³/mol. The molecule has 0 amide bonds. The quantitative estimate of drug-likeness (QED) is 0.747. The Kier molecular flexibility index (Phi) is 4.16. The number of fused-ring (bicyclic) bond motifs is 1. The van der Waals surface area contributed by atoms with Gasteiger partial charge in [-0.2, -0.15) is 8.42 Å². The highest BCUT2D eigenvalue weighted by atomic mass is 32.2. The van der Waals surface area contributed by atoms with Crippen molar-refractivity contribution in [1.29, 1.82) is 0 Å². The van der Waals surface area contributed by atoms with Crippen molar-refractivity contribution in [3.05, 3.63) is 49.1 Å². The van der Waals surface area contributed by atoms with Crippen molar-refractivity contribution in [3.63, 3.8) is 0 Å². The van der Waals surface area contributed by atoms with Gasteiger partial charge < -0.3 is 4.74 Å². The number of benzene rings is 2. The second-order valence-electron chi connectivity index (χ2n) is 4.92. The van der Waals surface area contributed by atoms with Crippen LogP contribution in [0.15, 0.2) is 53.9 Å². The predicted octanol–water partition coefficient (Wildman–Crippen LogP) is 2.15. The zero-order valence-corrected chi connectivity index (χ0v) is 13.3. The van der Waals surface area contributed by atoms with Crippen LogP contribution in [-0.4, -0.2) is 29.9 Å². The van der Waals surface area contributed by atoms with Crippen molar-refractivity contribution in [2.75, 3.05) is 11.4 Å². The molecule has 0 aliphatic heterocycles. The zero-order valence-electron chi connectivity index (χ0n) is 12.5. The van der Waals surface area contributed by atoms with Gasteiger partial charge in [0, 0.05) is 10.8 Å². The van der Waals surface area contributed by atoms with Gasteiger partial charge >= 0.3 is 0 Å². The summed E-state index contributed by atoms with van der Waals surface area (Å²) < 4.78 is 32.1. The van der Waals surface area contributed by atoms with Gasteiger partial charge in [-0.05, 0) is 18.6 Å². The molecule has 8 heteroatoms. The average molecular weight is 332 g/mol. The van der Waals surface area contributed by atoms with E-state index >= 15 is 0 Å². The van der Waals surface area contributed by atoms with Gasteiger partial charge in [0.1, 0.15) is 18.4 Å². The van der Waals surface area contributed by atoms with Crippen molar-refractivity contribution in [2.45, 2.75) is 18.2 Å². The van der Waals surface area contributed by atoms with Gasteiger partial charge in [0.15, 0.2) is 0 Å². The maximum absolute atomic E-state index is 12.6. The number of aromatic nitrogens is 3. The summed E-state index contributed by atoms with van der Waals surface area (Å²) >= 11 is 0. The Bertz CT molecular complexity index is 908. The van der Waals surface area contributed by atoms with E-state index in [9.17, 15) is 8.42 Å². The highest BCUT2D eigenvalue weighted by Gasteiger charge is 2.19. The average Bonchev–Trinajstić information content (AvgIpc) is 3.04. The third-order valence-electron chi connectivity index (χ3n) is 3.24. The molecule has 1 N–H and O–H groups in total. The Labute approximate surface area is 133 Å². The molecular formula is C15H16N4O3S. The van der Waals surface area contributed by atoms with Crippen LogP contribution in [0.1, 0.15) is 13.3 Å². The number of nitrogens with one attached hydrogen (secondary N) is 1. The third kappa shape index (κ3) is 3.11. The minimum Gasteiger partial charge on any atom is -0.493 e. The van der Waals surface area contributed by atoms with Crippen LogP contribution in [0.3, 0.4) is 0 Å². The molecule has 7 nitrogen and oxygen atoms in total. The minimum absolute atomic E-state index is 0.172. The number of sulfonamides is 1. The molecule has 23 heavy (non-hydrogen) atoms. The van der Waals surface area contributed by atoms with Crippen molar-refractivity contribution >= 4 is 20.8 Å². The van der Waals surface area contributed by atoms with Crippen molar-refractivity contribution < 1.29 is 13.2 Å². The molecule has 0 saturated carbocycles. The molecule has 0 aliphatic rings. The highest BCUT2D eigenvalue weighted by molar-refractivity contribution is 7.92. The van der Waals surface area contributed by atoms with E-state index in [0.717, 1.165) is 11.8 Å². The summed E-state index contributed by atoms with van der Waals surface area (Å²) in [5.74, 6) is 0.672. The van der Waals surface area contributed by atoms with Crippen molar-refractivity contribution in [2.24, 2.45) is 0 Å². The van der Waals surface area contributed by atoms with Gasteiger partial charge in [0.05, 0.1) is 11.5 Å². The Balaban J connectivity index is 2.08. The fourth-order valence-electron chi connectivity index (χ4n) is 2.25. The molecule has 3 rings (SSSR count). The van der Waals surface area contributed by atoms with Gasteiger partial charge in [-0.3, -0.25) is 0 Å². The summed E-state index contributed by atoms with van der Waals surface area (Å²) in [5, 5.41) is 8.51. The molecule has 0 bridgehead atoms. The molecule has 1 heterocycles. The van der Waals surface area contributed by atoms with Crippen molar-refractivity contribution in [3.8, 4) is 5.75 Å². The Morgan fingerprint density at radius 2 is 1.78 bits per heavy atom. The summed E-state index contributed by atoms with van der Waals surface area (Å²) in [6.45, 7) is 2.60. The normalized spacial score (nSPS) is 11.5. The Morgan fingerprint density at radius 1 is 1.09 bits per heavy atom. The lowest BCUT2D eigenvalue weighted by Crippen LogP contribution is -2.22. The largest absolute Gasteiger partial charge is 0.493 e. The van der Waals surface area contributed by atoms with Crippen molar-refractivity contribution in [1.82, 2.24) is 14.9 Å². The summed E-state index contributed by atoms with van der Waals surface area (Å²) in [6.07, 6.45) is 3.43. The Morgan fingerprint density at radius 3 is 2.48 bits per heavy atom.